The molecule has 0 spiro atoms. The fourth-order valence-corrected chi connectivity index (χ4v) is 5.55. The molecule has 1 fully saturated rings. The number of nitrogens with two attached hydrogens (primary N) is 1. The molecule has 0 radical (unpaired) electrons. The molecule has 1 aromatic rings. The van der Waals surface area contributed by atoms with Gasteiger partial charge in [-0.1, -0.05) is 35.0 Å². The number of ether oxygens (including phenoxy) is 1. The Labute approximate surface area is 135 Å². The van der Waals surface area contributed by atoms with Crippen LogP contribution in [-0.4, -0.2) is 39.2 Å². The van der Waals surface area contributed by atoms with Crippen molar-refractivity contribution < 1.29 is 13.2 Å². The first-order valence-corrected chi connectivity index (χ1v) is 9.68. The molecule has 0 amide bonds. The van der Waals surface area contributed by atoms with Crippen molar-refractivity contribution in [3.05, 3.63) is 34.3 Å². The van der Waals surface area contributed by atoms with E-state index in [1.54, 1.807) is 6.92 Å². The third-order valence-electron chi connectivity index (χ3n) is 4.35. The van der Waals surface area contributed by atoms with Crippen molar-refractivity contribution in [2.75, 3.05) is 25.5 Å². The Balaban J connectivity index is 2.38. The second-order valence-corrected chi connectivity index (χ2v) is 8.80. The van der Waals surface area contributed by atoms with E-state index in [4.69, 9.17) is 10.5 Å². The Kier molecular flexibility index (Phi) is 5.13. The van der Waals surface area contributed by atoms with Gasteiger partial charge >= 0.3 is 0 Å². The third-order valence-corrected chi connectivity index (χ3v) is 7.20. The predicted octanol–water partition coefficient (Wildman–Crippen LogP) is 2.33. The smallest absolute Gasteiger partial charge is 0.154 e. The average molecular weight is 376 g/mol. The van der Waals surface area contributed by atoms with Crippen LogP contribution in [0.4, 0.5) is 0 Å². The molecule has 21 heavy (non-hydrogen) atoms. The first-order chi connectivity index (χ1) is 9.93. The zero-order valence-electron chi connectivity index (χ0n) is 12.4. The Bertz CT molecular complexity index is 587. The van der Waals surface area contributed by atoms with Crippen LogP contribution in [0, 0.1) is 5.41 Å². The van der Waals surface area contributed by atoms with E-state index in [0.717, 1.165) is 10.0 Å². The largest absolute Gasteiger partial charge is 0.381 e. The van der Waals surface area contributed by atoms with E-state index in [2.05, 4.69) is 15.9 Å². The van der Waals surface area contributed by atoms with Crippen LogP contribution in [0.5, 0.6) is 0 Å². The molecule has 0 bridgehead atoms. The number of benzene rings is 1. The number of hydrogen-bond donors (Lipinski definition) is 1. The lowest BCUT2D eigenvalue weighted by Gasteiger charge is -2.15. The molecular weight excluding hydrogens is 354 g/mol. The molecule has 0 unspecified atom stereocenters. The standard InChI is InChI=1S/C15H22BrNO3S/c1-3-20-10-15(9-17)13(14(15)21(18,19)4-2)11-5-7-12(16)8-6-11/h5-8,13-14H,3-4,9-10,17H2,1-2H3/t13-,14+,15+/m0/s1. The first-order valence-electron chi connectivity index (χ1n) is 7.17. The van der Waals surface area contributed by atoms with Gasteiger partial charge in [0.25, 0.3) is 0 Å². The van der Waals surface area contributed by atoms with E-state index < -0.39 is 20.5 Å². The van der Waals surface area contributed by atoms with Crippen LogP contribution in [0.3, 0.4) is 0 Å². The highest BCUT2D eigenvalue weighted by atomic mass is 79.9. The molecule has 2 rings (SSSR count). The molecule has 3 atom stereocenters. The third kappa shape index (κ3) is 3.04. The zero-order valence-corrected chi connectivity index (χ0v) is 14.8. The van der Waals surface area contributed by atoms with E-state index in [1.165, 1.54) is 0 Å². The summed E-state index contributed by atoms with van der Waals surface area (Å²) in [6, 6.07) is 7.81. The van der Waals surface area contributed by atoms with Crippen molar-refractivity contribution in [1.29, 1.82) is 0 Å². The Morgan fingerprint density at radius 1 is 1.29 bits per heavy atom. The number of rotatable bonds is 7. The lowest BCUT2D eigenvalue weighted by molar-refractivity contribution is 0.101. The van der Waals surface area contributed by atoms with Crippen molar-refractivity contribution in [2.45, 2.75) is 25.0 Å². The second-order valence-electron chi connectivity index (χ2n) is 5.48. The van der Waals surface area contributed by atoms with E-state index in [1.807, 2.05) is 31.2 Å². The Morgan fingerprint density at radius 2 is 1.90 bits per heavy atom. The summed E-state index contributed by atoms with van der Waals surface area (Å²) in [6.45, 7) is 4.87. The van der Waals surface area contributed by atoms with Gasteiger partial charge in [-0.2, -0.15) is 0 Å². The molecule has 6 heteroatoms. The summed E-state index contributed by atoms with van der Waals surface area (Å²) in [7, 11) is -3.15. The summed E-state index contributed by atoms with van der Waals surface area (Å²) in [6.07, 6.45) is 0. The van der Waals surface area contributed by atoms with Gasteiger partial charge in [-0.3, -0.25) is 0 Å². The molecule has 0 aromatic heterocycles. The fourth-order valence-electron chi connectivity index (χ4n) is 3.14. The SMILES string of the molecule is CCOC[C@@]1(CN)[C@H](S(=O)(=O)CC)[C@@H]1c1ccc(Br)cc1. The van der Waals surface area contributed by atoms with Crippen molar-refractivity contribution >= 4 is 25.8 Å². The highest BCUT2D eigenvalue weighted by Gasteiger charge is 2.69. The van der Waals surface area contributed by atoms with Crippen molar-refractivity contribution in [1.82, 2.24) is 0 Å². The van der Waals surface area contributed by atoms with E-state index >= 15 is 0 Å². The second kappa shape index (κ2) is 6.36. The number of sulfone groups is 1. The van der Waals surface area contributed by atoms with Crippen molar-refractivity contribution in [3.8, 4) is 0 Å². The molecule has 0 aliphatic heterocycles. The first kappa shape index (κ1) is 16.9. The molecule has 1 aromatic carbocycles. The molecule has 4 nitrogen and oxygen atoms in total. The van der Waals surface area contributed by atoms with Crippen LogP contribution in [-0.2, 0) is 14.6 Å². The van der Waals surface area contributed by atoms with Gasteiger partial charge in [-0.15, -0.1) is 0 Å². The molecule has 1 aliphatic rings. The van der Waals surface area contributed by atoms with Gasteiger partial charge in [0.05, 0.1) is 11.9 Å². The van der Waals surface area contributed by atoms with Gasteiger partial charge < -0.3 is 10.5 Å². The lowest BCUT2D eigenvalue weighted by atomic mass is 10.00. The molecule has 1 saturated carbocycles. The summed E-state index contributed by atoms with van der Waals surface area (Å²) in [5.41, 5.74) is 6.49. The van der Waals surface area contributed by atoms with Gasteiger partial charge in [0.15, 0.2) is 9.84 Å². The molecule has 118 valence electrons. The summed E-state index contributed by atoms with van der Waals surface area (Å²) in [4.78, 5) is 0. The molecule has 0 saturated heterocycles. The van der Waals surface area contributed by atoms with E-state index in [0.29, 0.717) is 19.8 Å². The summed E-state index contributed by atoms with van der Waals surface area (Å²) < 4.78 is 31.4. The van der Waals surface area contributed by atoms with E-state index in [-0.39, 0.29) is 11.7 Å². The Morgan fingerprint density at radius 3 is 2.38 bits per heavy atom. The topological polar surface area (TPSA) is 69.4 Å². The van der Waals surface area contributed by atoms with Crippen LogP contribution in [0.15, 0.2) is 28.7 Å². The predicted molar refractivity (Wildman–Crippen MR) is 88.1 cm³/mol. The van der Waals surface area contributed by atoms with Gasteiger partial charge in [0.2, 0.25) is 0 Å². The highest BCUT2D eigenvalue weighted by molar-refractivity contribution is 9.10. The van der Waals surface area contributed by atoms with Gasteiger partial charge in [-0.05, 0) is 24.6 Å². The minimum atomic E-state index is -3.15. The maximum Gasteiger partial charge on any atom is 0.154 e. The van der Waals surface area contributed by atoms with Crippen LogP contribution >= 0.6 is 15.9 Å². The lowest BCUT2D eigenvalue weighted by Crippen LogP contribution is -2.29. The minimum Gasteiger partial charge on any atom is -0.381 e. The van der Waals surface area contributed by atoms with Gasteiger partial charge in [0.1, 0.15) is 0 Å². The highest BCUT2D eigenvalue weighted by Crippen LogP contribution is 2.62. The quantitative estimate of drug-likeness (QED) is 0.793. The molecule has 2 N–H and O–H groups in total. The van der Waals surface area contributed by atoms with Crippen LogP contribution < -0.4 is 5.73 Å². The van der Waals surface area contributed by atoms with E-state index in [9.17, 15) is 8.42 Å². The fraction of sp³-hybridized carbons (Fsp3) is 0.600. The maximum atomic E-state index is 12.4. The van der Waals surface area contributed by atoms with Crippen molar-refractivity contribution in [3.63, 3.8) is 0 Å². The number of halogens is 1. The van der Waals surface area contributed by atoms with Crippen LogP contribution in [0.1, 0.15) is 25.3 Å². The minimum absolute atomic E-state index is 0.0768. The molecular formula is C15H22BrNO3S. The zero-order chi connectivity index (χ0) is 15.7. The maximum absolute atomic E-state index is 12.4. The molecule has 1 aliphatic carbocycles. The monoisotopic (exact) mass is 375 g/mol. The normalized spacial score (nSPS) is 28.6. The summed E-state index contributed by atoms with van der Waals surface area (Å²) in [5.74, 6) is 0.0607. The average Bonchev–Trinajstić information content (AvgIpc) is 3.16. The summed E-state index contributed by atoms with van der Waals surface area (Å²) in [5, 5.41) is -0.437. The van der Waals surface area contributed by atoms with Crippen molar-refractivity contribution in [2.24, 2.45) is 11.1 Å². The number of hydrogen-bond acceptors (Lipinski definition) is 4. The van der Waals surface area contributed by atoms with Crippen LogP contribution in [0.2, 0.25) is 0 Å². The molecule has 0 heterocycles. The summed E-state index contributed by atoms with van der Waals surface area (Å²) >= 11 is 3.40. The Hall–Kier alpha value is -0.430. The van der Waals surface area contributed by atoms with Gasteiger partial charge in [0, 0.05) is 34.7 Å². The van der Waals surface area contributed by atoms with Gasteiger partial charge in [-0.25, -0.2) is 8.42 Å². The van der Waals surface area contributed by atoms with Crippen LogP contribution in [0.25, 0.3) is 0 Å².